The van der Waals surface area contributed by atoms with E-state index in [1.54, 1.807) is 13.0 Å². The largest absolute Gasteiger partial charge is 0.342 e. The maximum absolute atomic E-state index is 11.9. The maximum Gasteiger partial charge on any atom is 0.251 e. The van der Waals surface area contributed by atoms with E-state index < -0.39 is 0 Å². The number of hydrogen-bond donors (Lipinski definition) is 2. The van der Waals surface area contributed by atoms with Gasteiger partial charge in [-0.05, 0) is 25.1 Å². The summed E-state index contributed by atoms with van der Waals surface area (Å²) >= 11 is 11.7. The molecule has 6 nitrogen and oxygen atoms in total. The smallest absolute Gasteiger partial charge is 0.251 e. The third kappa shape index (κ3) is 2.96. The van der Waals surface area contributed by atoms with Crippen molar-refractivity contribution < 1.29 is 4.79 Å². The number of halogens is 2. The third-order valence-electron chi connectivity index (χ3n) is 2.22. The van der Waals surface area contributed by atoms with Crippen molar-refractivity contribution in [3.05, 3.63) is 39.6 Å². The Kier molecular flexibility index (Phi) is 3.78. The van der Waals surface area contributed by atoms with Crippen LogP contribution in [0.2, 0.25) is 10.0 Å². The van der Waals surface area contributed by atoms with Crippen LogP contribution in [0.15, 0.2) is 18.2 Å². The van der Waals surface area contributed by atoms with Gasteiger partial charge in [0.15, 0.2) is 5.82 Å². The Morgan fingerprint density at radius 3 is 2.56 bits per heavy atom. The van der Waals surface area contributed by atoms with Gasteiger partial charge < -0.3 is 5.32 Å². The van der Waals surface area contributed by atoms with Gasteiger partial charge in [-0.15, -0.1) is 10.2 Å². The third-order valence-corrected chi connectivity index (χ3v) is 2.66. The van der Waals surface area contributed by atoms with Crippen LogP contribution in [0.4, 0.5) is 0 Å². The van der Waals surface area contributed by atoms with E-state index in [4.69, 9.17) is 23.2 Å². The molecule has 1 aromatic heterocycles. The lowest BCUT2D eigenvalue weighted by Gasteiger charge is -2.10. The second kappa shape index (κ2) is 5.32. The van der Waals surface area contributed by atoms with Crippen molar-refractivity contribution in [3.63, 3.8) is 0 Å². The van der Waals surface area contributed by atoms with E-state index >= 15 is 0 Å². The molecule has 1 heterocycles. The van der Waals surface area contributed by atoms with Crippen LogP contribution in [0, 0.1) is 0 Å². The zero-order valence-electron chi connectivity index (χ0n) is 9.32. The molecule has 0 aliphatic heterocycles. The lowest BCUT2D eigenvalue weighted by molar-refractivity contribution is 0.0938. The summed E-state index contributed by atoms with van der Waals surface area (Å²) < 4.78 is 0. The molecule has 2 rings (SSSR count). The van der Waals surface area contributed by atoms with Crippen molar-refractivity contribution in [1.82, 2.24) is 25.9 Å². The highest BCUT2D eigenvalue weighted by atomic mass is 35.5. The van der Waals surface area contributed by atoms with Gasteiger partial charge in [-0.2, -0.15) is 5.21 Å². The molecule has 0 aliphatic carbocycles. The minimum atomic E-state index is -0.367. The second-order valence-electron chi connectivity index (χ2n) is 3.62. The topological polar surface area (TPSA) is 83.6 Å². The van der Waals surface area contributed by atoms with Gasteiger partial charge in [-0.3, -0.25) is 4.79 Å². The summed E-state index contributed by atoms with van der Waals surface area (Å²) in [4.78, 5) is 11.9. The number of H-pyrrole nitrogens is 1. The van der Waals surface area contributed by atoms with E-state index in [1.807, 2.05) is 0 Å². The monoisotopic (exact) mass is 285 g/mol. The van der Waals surface area contributed by atoms with E-state index in [1.165, 1.54) is 12.1 Å². The number of hydrogen-bond acceptors (Lipinski definition) is 4. The van der Waals surface area contributed by atoms with Crippen LogP contribution < -0.4 is 5.32 Å². The second-order valence-corrected chi connectivity index (χ2v) is 4.50. The average Bonchev–Trinajstić information content (AvgIpc) is 2.80. The molecule has 2 N–H and O–H groups in total. The molecule has 0 saturated heterocycles. The standard InChI is InChI=1S/C10H9Cl2N5O/c1-5(9-14-16-17-15-9)13-10(18)6-2-7(11)4-8(12)3-6/h2-5H,1H3,(H,13,18)(H,14,15,16,17). The average molecular weight is 286 g/mol. The fourth-order valence-electron chi connectivity index (χ4n) is 1.38. The van der Waals surface area contributed by atoms with Crippen LogP contribution in [-0.4, -0.2) is 26.5 Å². The quantitative estimate of drug-likeness (QED) is 0.903. The number of nitrogens with one attached hydrogen (secondary N) is 2. The fourth-order valence-corrected chi connectivity index (χ4v) is 1.91. The van der Waals surface area contributed by atoms with Gasteiger partial charge in [0.25, 0.3) is 5.91 Å². The lowest BCUT2D eigenvalue weighted by Crippen LogP contribution is -2.27. The van der Waals surface area contributed by atoms with Crippen LogP contribution in [0.1, 0.15) is 29.1 Å². The van der Waals surface area contributed by atoms with E-state index in [9.17, 15) is 4.79 Å². The molecule has 0 bridgehead atoms. The zero-order valence-corrected chi connectivity index (χ0v) is 10.8. The Morgan fingerprint density at radius 1 is 1.33 bits per heavy atom. The number of carbonyl (C=O) groups excluding carboxylic acids is 1. The SMILES string of the molecule is CC(NC(=O)c1cc(Cl)cc(Cl)c1)c1nn[nH]n1. The van der Waals surface area contributed by atoms with Gasteiger partial charge >= 0.3 is 0 Å². The highest BCUT2D eigenvalue weighted by molar-refractivity contribution is 6.35. The van der Waals surface area contributed by atoms with Crippen LogP contribution >= 0.6 is 23.2 Å². The summed E-state index contributed by atoms with van der Waals surface area (Å²) in [6.07, 6.45) is 0. The molecule has 1 aromatic carbocycles. The molecular weight excluding hydrogens is 277 g/mol. The summed E-state index contributed by atoms with van der Waals surface area (Å²) in [6.45, 7) is 1.74. The molecule has 1 atom stereocenters. The highest BCUT2D eigenvalue weighted by Crippen LogP contribution is 2.19. The number of benzene rings is 1. The first-order chi connectivity index (χ1) is 8.56. The van der Waals surface area contributed by atoms with E-state index in [0.717, 1.165) is 0 Å². The first kappa shape index (κ1) is 12.8. The van der Waals surface area contributed by atoms with Gasteiger partial charge in [0.1, 0.15) is 0 Å². The van der Waals surface area contributed by atoms with E-state index in [-0.39, 0.29) is 11.9 Å². The Morgan fingerprint density at radius 2 is 2.00 bits per heavy atom. The summed E-state index contributed by atoms with van der Waals surface area (Å²) in [5.41, 5.74) is 0.378. The first-order valence-corrected chi connectivity index (χ1v) is 5.82. The molecule has 18 heavy (non-hydrogen) atoms. The first-order valence-electron chi connectivity index (χ1n) is 5.06. The van der Waals surface area contributed by atoms with E-state index in [0.29, 0.717) is 21.4 Å². The predicted molar refractivity (Wildman–Crippen MR) is 66.5 cm³/mol. The van der Waals surface area contributed by atoms with Crippen LogP contribution in [0.5, 0.6) is 0 Å². The Labute approximate surface area is 113 Å². The fraction of sp³-hybridized carbons (Fsp3) is 0.200. The van der Waals surface area contributed by atoms with Gasteiger partial charge in [0.05, 0.1) is 6.04 Å². The maximum atomic E-state index is 11.9. The number of nitrogens with zero attached hydrogens (tertiary/aromatic N) is 3. The lowest BCUT2D eigenvalue weighted by atomic mass is 10.2. The summed E-state index contributed by atoms with van der Waals surface area (Å²) in [5, 5.41) is 16.8. The Balaban J connectivity index is 2.12. The van der Waals surface area contributed by atoms with Gasteiger partial charge in [0.2, 0.25) is 0 Å². The van der Waals surface area contributed by atoms with Gasteiger partial charge in [-0.1, -0.05) is 28.4 Å². The van der Waals surface area contributed by atoms with Crippen molar-refractivity contribution in [2.75, 3.05) is 0 Å². The molecule has 0 radical (unpaired) electrons. The number of carbonyl (C=O) groups is 1. The number of aromatic nitrogens is 4. The zero-order chi connectivity index (χ0) is 13.1. The number of amides is 1. The van der Waals surface area contributed by atoms with E-state index in [2.05, 4.69) is 25.9 Å². The molecule has 0 aliphatic rings. The summed E-state index contributed by atoms with van der Waals surface area (Å²) in [6, 6.07) is 4.26. The van der Waals surface area contributed by atoms with Crippen LogP contribution in [0.25, 0.3) is 0 Å². The minimum absolute atomic E-state index is 0.309. The molecule has 2 aromatic rings. The molecule has 0 spiro atoms. The summed E-state index contributed by atoms with van der Waals surface area (Å²) in [7, 11) is 0. The predicted octanol–water partition coefficient (Wildman–Crippen LogP) is 2.00. The molecular formula is C10H9Cl2N5O. The molecule has 1 unspecified atom stereocenters. The van der Waals surface area contributed by atoms with Crippen molar-refractivity contribution in [2.45, 2.75) is 13.0 Å². The van der Waals surface area contributed by atoms with Gasteiger partial charge in [-0.25, -0.2) is 0 Å². The molecule has 8 heteroatoms. The summed E-state index contributed by atoms with van der Waals surface area (Å²) in [5.74, 6) is 0.0909. The van der Waals surface area contributed by atoms with Crippen molar-refractivity contribution in [2.24, 2.45) is 0 Å². The highest BCUT2D eigenvalue weighted by Gasteiger charge is 2.15. The minimum Gasteiger partial charge on any atom is -0.342 e. The van der Waals surface area contributed by atoms with Crippen LogP contribution in [-0.2, 0) is 0 Å². The normalized spacial score (nSPS) is 12.2. The molecule has 1 amide bonds. The Bertz CT molecular complexity index is 537. The Hall–Kier alpha value is -1.66. The number of rotatable bonds is 3. The molecule has 94 valence electrons. The van der Waals surface area contributed by atoms with Crippen molar-refractivity contribution in [3.8, 4) is 0 Å². The van der Waals surface area contributed by atoms with Gasteiger partial charge in [0, 0.05) is 15.6 Å². The molecule has 0 saturated carbocycles. The molecule has 0 fully saturated rings. The van der Waals surface area contributed by atoms with Crippen molar-refractivity contribution >= 4 is 29.1 Å². The van der Waals surface area contributed by atoms with Crippen LogP contribution in [0.3, 0.4) is 0 Å². The number of aromatic amines is 1. The number of tetrazole rings is 1. The van der Waals surface area contributed by atoms with Crippen molar-refractivity contribution in [1.29, 1.82) is 0 Å².